The fraction of sp³-hybridized carbons (Fsp3) is 0.500. The predicted octanol–water partition coefficient (Wildman–Crippen LogP) is 2.05. The van der Waals surface area contributed by atoms with Gasteiger partial charge in [-0.2, -0.15) is 0 Å². The maximum absolute atomic E-state index is 12.2. The molecular weight excluding hydrogens is 268 g/mol. The van der Waals surface area contributed by atoms with E-state index in [2.05, 4.69) is 17.4 Å². The zero-order chi connectivity index (χ0) is 15.2. The van der Waals surface area contributed by atoms with Gasteiger partial charge in [0.05, 0.1) is 0 Å². The van der Waals surface area contributed by atoms with Crippen molar-refractivity contribution in [3.05, 3.63) is 35.4 Å². The first-order valence-electron chi connectivity index (χ1n) is 7.47. The van der Waals surface area contributed by atoms with Crippen LogP contribution in [0.5, 0.6) is 0 Å². The number of fused-ring (bicyclic) bond motifs is 1. The Morgan fingerprint density at radius 3 is 2.29 bits per heavy atom. The molecule has 0 aromatic heterocycles. The Labute approximate surface area is 125 Å². The summed E-state index contributed by atoms with van der Waals surface area (Å²) in [7, 11) is 0. The summed E-state index contributed by atoms with van der Waals surface area (Å²) < 4.78 is 0. The summed E-state index contributed by atoms with van der Waals surface area (Å²) in [6, 6.07) is 7.13. The Balaban J connectivity index is 1.97. The van der Waals surface area contributed by atoms with Crippen LogP contribution in [0.15, 0.2) is 24.3 Å². The molecule has 0 spiro atoms. The quantitative estimate of drug-likeness (QED) is 0.891. The van der Waals surface area contributed by atoms with Crippen LogP contribution in [0.3, 0.4) is 0 Å². The number of aliphatic carboxylic acids is 1. The van der Waals surface area contributed by atoms with Gasteiger partial charge in [-0.25, -0.2) is 9.59 Å². The van der Waals surface area contributed by atoms with Crippen LogP contribution in [0.1, 0.15) is 30.9 Å². The number of amides is 2. The van der Waals surface area contributed by atoms with Crippen molar-refractivity contribution in [3.63, 3.8) is 0 Å². The van der Waals surface area contributed by atoms with E-state index >= 15 is 0 Å². The van der Waals surface area contributed by atoms with E-state index in [0.29, 0.717) is 19.5 Å². The van der Waals surface area contributed by atoms with E-state index in [1.54, 1.807) is 4.90 Å². The molecule has 1 aliphatic heterocycles. The summed E-state index contributed by atoms with van der Waals surface area (Å²) in [4.78, 5) is 25.1. The van der Waals surface area contributed by atoms with Crippen LogP contribution in [0.2, 0.25) is 0 Å². The topological polar surface area (TPSA) is 69.6 Å². The molecule has 1 aromatic carbocycles. The first kappa shape index (κ1) is 15.4. The average molecular weight is 290 g/mol. The molecule has 1 aromatic rings. The summed E-state index contributed by atoms with van der Waals surface area (Å²) in [6.45, 7) is 3.16. The number of hydrogen-bond acceptors (Lipinski definition) is 2. The van der Waals surface area contributed by atoms with E-state index in [9.17, 15) is 9.59 Å². The first-order valence-corrected chi connectivity index (χ1v) is 7.47. The lowest BCUT2D eigenvalue weighted by Gasteiger charge is -2.23. The molecule has 5 heteroatoms. The Morgan fingerprint density at radius 1 is 1.24 bits per heavy atom. The minimum Gasteiger partial charge on any atom is -0.480 e. The third-order valence-corrected chi connectivity index (χ3v) is 3.88. The molecule has 21 heavy (non-hydrogen) atoms. The Kier molecular flexibility index (Phi) is 5.20. The van der Waals surface area contributed by atoms with Gasteiger partial charge in [-0.1, -0.05) is 37.6 Å². The predicted molar refractivity (Wildman–Crippen MR) is 80.3 cm³/mol. The van der Waals surface area contributed by atoms with Crippen molar-refractivity contribution >= 4 is 12.0 Å². The van der Waals surface area contributed by atoms with Crippen molar-refractivity contribution in [2.75, 3.05) is 13.1 Å². The molecule has 1 unspecified atom stereocenters. The van der Waals surface area contributed by atoms with Gasteiger partial charge >= 0.3 is 12.0 Å². The third-order valence-electron chi connectivity index (χ3n) is 3.88. The molecule has 1 atom stereocenters. The lowest BCUT2D eigenvalue weighted by atomic mass is 10.0. The summed E-state index contributed by atoms with van der Waals surface area (Å²) in [5, 5.41) is 11.7. The fourth-order valence-electron chi connectivity index (χ4n) is 2.66. The summed E-state index contributed by atoms with van der Waals surface area (Å²) in [5.74, 6) is -0.969. The number of urea groups is 1. The minimum absolute atomic E-state index is 0.274. The molecule has 114 valence electrons. The van der Waals surface area contributed by atoms with Gasteiger partial charge in [0.2, 0.25) is 0 Å². The standard InChI is InChI=1S/C16H22N2O3/c1-2-5-14(15(19)20)17-16(21)18-10-8-12-6-3-4-7-13(12)9-11-18/h3-4,6-7,14H,2,5,8-11H2,1H3,(H,17,21)(H,19,20). The van der Waals surface area contributed by atoms with Gasteiger partial charge < -0.3 is 15.3 Å². The number of carbonyl (C=O) groups is 2. The molecule has 1 aliphatic rings. The number of carboxylic acid groups (broad SMARTS) is 1. The van der Waals surface area contributed by atoms with Crippen LogP contribution in [-0.2, 0) is 17.6 Å². The first-order chi connectivity index (χ1) is 10.1. The van der Waals surface area contributed by atoms with E-state index in [1.165, 1.54) is 11.1 Å². The highest BCUT2D eigenvalue weighted by Crippen LogP contribution is 2.15. The van der Waals surface area contributed by atoms with Crippen LogP contribution >= 0.6 is 0 Å². The number of nitrogens with zero attached hydrogens (tertiary/aromatic N) is 1. The maximum atomic E-state index is 12.2. The zero-order valence-electron chi connectivity index (χ0n) is 12.3. The molecule has 0 saturated heterocycles. The highest BCUT2D eigenvalue weighted by molar-refractivity contribution is 5.82. The SMILES string of the molecule is CCCC(NC(=O)N1CCc2ccccc2CC1)C(=O)O. The van der Waals surface area contributed by atoms with Crippen molar-refractivity contribution in [3.8, 4) is 0 Å². The molecule has 1 heterocycles. The largest absolute Gasteiger partial charge is 0.480 e. The van der Waals surface area contributed by atoms with Crippen molar-refractivity contribution in [2.45, 2.75) is 38.6 Å². The Hall–Kier alpha value is -2.04. The second-order valence-corrected chi connectivity index (χ2v) is 5.38. The van der Waals surface area contributed by atoms with Gasteiger partial charge in [0.1, 0.15) is 6.04 Å². The van der Waals surface area contributed by atoms with Gasteiger partial charge in [-0.05, 0) is 30.4 Å². The molecule has 0 fully saturated rings. The van der Waals surface area contributed by atoms with Gasteiger partial charge in [0.15, 0.2) is 0 Å². The number of nitrogens with one attached hydrogen (secondary N) is 1. The van der Waals surface area contributed by atoms with Gasteiger partial charge in [0, 0.05) is 13.1 Å². The number of benzene rings is 1. The third kappa shape index (κ3) is 3.97. The average Bonchev–Trinajstić information content (AvgIpc) is 2.69. The lowest BCUT2D eigenvalue weighted by molar-refractivity contribution is -0.139. The lowest BCUT2D eigenvalue weighted by Crippen LogP contribution is -2.48. The van der Waals surface area contributed by atoms with Crippen molar-refractivity contribution in [1.82, 2.24) is 10.2 Å². The monoisotopic (exact) mass is 290 g/mol. The molecule has 0 bridgehead atoms. The molecule has 0 aliphatic carbocycles. The van der Waals surface area contributed by atoms with Gasteiger partial charge in [-0.3, -0.25) is 0 Å². The zero-order valence-corrected chi connectivity index (χ0v) is 12.3. The number of carbonyl (C=O) groups excluding carboxylic acids is 1. The summed E-state index contributed by atoms with van der Waals surface area (Å²) in [5.41, 5.74) is 2.55. The Morgan fingerprint density at radius 2 is 1.81 bits per heavy atom. The van der Waals surface area contributed by atoms with Crippen LogP contribution in [-0.4, -0.2) is 41.1 Å². The molecule has 2 N–H and O–H groups in total. The van der Waals surface area contributed by atoms with Crippen LogP contribution in [0.25, 0.3) is 0 Å². The normalized spacial score (nSPS) is 15.8. The molecular formula is C16H22N2O3. The molecule has 0 saturated carbocycles. The summed E-state index contributed by atoms with van der Waals surface area (Å²) >= 11 is 0. The van der Waals surface area contributed by atoms with E-state index in [0.717, 1.165) is 19.3 Å². The smallest absolute Gasteiger partial charge is 0.326 e. The number of hydrogen-bond donors (Lipinski definition) is 2. The fourth-order valence-corrected chi connectivity index (χ4v) is 2.66. The number of rotatable bonds is 4. The second-order valence-electron chi connectivity index (χ2n) is 5.38. The van der Waals surface area contributed by atoms with E-state index in [1.807, 2.05) is 19.1 Å². The van der Waals surface area contributed by atoms with Crippen LogP contribution in [0, 0.1) is 0 Å². The Bertz CT molecular complexity index is 489. The maximum Gasteiger partial charge on any atom is 0.326 e. The van der Waals surface area contributed by atoms with E-state index in [-0.39, 0.29) is 6.03 Å². The van der Waals surface area contributed by atoms with Crippen molar-refractivity contribution in [2.24, 2.45) is 0 Å². The van der Waals surface area contributed by atoms with Crippen LogP contribution < -0.4 is 5.32 Å². The van der Waals surface area contributed by atoms with Gasteiger partial charge in [0.25, 0.3) is 0 Å². The van der Waals surface area contributed by atoms with Crippen LogP contribution in [0.4, 0.5) is 4.79 Å². The molecule has 2 rings (SSSR count). The van der Waals surface area contributed by atoms with Crippen molar-refractivity contribution in [1.29, 1.82) is 0 Å². The minimum atomic E-state index is -0.969. The highest BCUT2D eigenvalue weighted by Gasteiger charge is 2.23. The molecule has 2 amide bonds. The van der Waals surface area contributed by atoms with E-state index in [4.69, 9.17) is 5.11 Å². The van der Waals surface area contributed by atoms with Crippen molar-refractivity contribution < 1.29 is 14.7 Å². The van der Waals surface area contributed by atoms with Gasteiger partial charge in [-0.15, -0.1) is 0 Å². The second kappa shape index (κ2) is 7.11. The molecule has 5 nitrogen and oxygen atoms in total. The number of carboxylic acids is 1. The molecule has 0 radical (unpaired) electrons. The summed E-state index contributed by atoms with van der Waals surface area (Å²) in [6.07, 6.45) is 2.81. The van der Waals surface area contributed by atoms with E-state index < -0.39 is 12.0 Å². The highest BCUT2D eigenvalue weighted by atomic mass is 16.4.